The highest BCUT2D eigenvalue weighted by Crippen LogP contribution is 2.32. The van der Waals surface area contributed by atoms with Crippen molar-refractivity contribution in [3.05, 3.63) is 179 Å². The minimum Gasteiger partial charge on any atom is -0.487 e. The topological polar surface area (TPSA) is 107 Å². The van der Waals surface area contributed by atoms with E-state index in [1.165, 1.54) is 22.3 Å². The molecule has 2 atom stereocenters. The molecule has 13 heteroatoms. The molecule has 0 bridgehead atoms. The normalized spacial score (nSPS) is 19.4. The Morgan fingerprint density at radius 1 is 0.562 bits per heavy atom. The number of nitrogens with zero attached hydrogens (tertiary/aromatic N) is 7. The number of amides is 2. The largest absolute Gasteiger partial charge is 0.487 e. The van der Waals surface area contributed by atoms with Gasteiger partial charge < -0.3 is 34.4 Å². The van der Waals surface area contributed by atoms with Crippen molar-refractivity contribution in [3.63, 3.8) is 0 Å². The van der Waals surface area contributed by atoms with E-state index in [1.54, 1.807) is 6.20 Å². The Morgan fingerprint density at radius 3 is 1.51 bits per heavy atom. The summed E-state index contributed by atoms with van der Waals surface area (Å²) in [6.45, 7) is 22.8. The first kappa shape index (κ1) is 53.0. The van der Waals surface area contributed by atoms with Crippen molar-refractivity contribution in [1.29, 1.82) is 0 Å². The van der Waals surface area contributed by atoms with E-state index >= 15 is 0 Å². The molecule has 4 aromatic carbocycles. The molecule has 73 heavy (non-hydrogen) atoms. The summed E-state index contributed by atoms with van der Waals surface area (Å²) in [7, 11) is 0. The molecule has 6 heterocycles. The average Bonchev–Trinajstić information content (AvgIpc) is 3.92. The number of pyridine rings is 2. The van der Waals surface area contributed by atoms with Gasteiger partial charge in [0, 0.05) is 76.5 Å². The third-order valence-electron chi connectivity index (χ3n) is 14.0. The number of benzene rings is 4. The molecule has 0 aliphatic carbocycles. The van der Waals surface area contributed by atoms with Crippen LogP contribution in [-0.2, 0) is 35.9 Å². The number of hydrogen-bond donors (Lipinski definition) is 1. The van der Waals surface area contributed by atoms with Gasteiger partial charge in [0.25, 0.3) is 0 Å². The molecule has 0 spiro atoms. The van der Waals surface area contributed by atoms with E-state index in [0.29, 0.717) is 19.8 Å². The summed E-state index contributed by atoms with van der Waals surface area (Å²) in [5, 5.41) is 3.51. The van der Waals surface area contributed by atoms with Gasteiger partial charge in [-0.2, -0.15) is 0 Å². The van der Waals surface area contributed by atoms with Gasteiger partial charge in [-0.3, -0.25) is 14.5 Å². The van der Waals surface area contributed by atoms with E-state index in [9.17, 15) is 9.59 Å². The Balaban J connectivity index is 0.000000162. The molecule has 2 amide bonds. The summed E-state index contributed by atoms with van der Waals surface area (Å²) < 4.78 is 11.7. The Bertz CT molecular complexity index is 2670. The lowest BCUT2D eigenvalue weighted by Crippen LogP contribution is -2.63. The number of nitrogens with one attached hydrogen (secondary N) is 1. The maximum absolute atomic E-state index is 13.4. The van der Waals surface area contributed by atoms with Gasteiger partial charge in [0.15, 0.2) is 0 Å². The van der Waals surface area contributed by atoms with Crippen LogP contribution in [0.3, 0.4) is 0 Å². The minimum absolute atomic E-state index is 0.0305. The molecule has 384 valence electrons. The van der Waals surface area contributed by atoms with Gasteiger partial charge in [0.2, 0.25) is 11.8 Å². The summed E-state index contributed by atoms with van der Waals surface area (Å²) in [4.78, 5) is 45.3. The monoisotopic (exact) mass is 1050 g/mol. The zero-order valence-electron chi connectivity index (χ0n) is 43.6. The number of alkyl halides is 1. The Labute approximate surface area is 441 Å². The van der Waals surface area contributed by atoms with Gasteiger partial charge in [0.05, 0.1) is 23.3 Å². The molecule has 4 aliphatic rings. The van der Waals surface area contributed by atoms with E-state index in [4.69, 9.17) is 9.47 Å². The first-order valence-corrected chi connectivity index (χ1v) is 26.7. The van der Waals surface area contributed by atoms with Crippen molar-refractivity contribution in [1.82, 2.24) is 30.0 Å². The number of ether oxygens (including phenoxy) is 2. The Hall–Kier alpha value is -6.28. The van der Waals surface area contributed by atoms with Crippen LogP contribution in [0.2, 0.25) is 0 Å². The van der Waals surface area contributed by atoms with Crippen molar-refractivity contribution < 1.29 is 19.1 Å². The van der Waals surface area contributed by atoms with Crippen LogP contribution < -0.4 is 24.6 Å². The average molecular weight is 1050 g/mol. The number of likely N-dealkylation sites (tertiary alicyclic amines) is 2. The van der Waals surface area contributed by atoms with Crippen molar-refractivity contribution >= 4 is 39.4 Å². The molecular weight excluding hydrogens is 977 g/mol. The van der Waals surface area contributed by atoms with Crippen LogP contribution in [0.15, 0.2) is 146 Å². The molecule has 0 radical (unpaired) electrons. The van der Waals surface area contributed by atoms with Crippen LogP contribution in [0.5, 0.6) is 11.5 Å². The quantitative estimate of drug-likeness (QED) is 0.112. The molecule has 1 N–H and O–H groups in total. The molecule has 0 saturated carbocycles. The fraction of sp³-hybridized carbons (Fsp3) is 0.400. The number of hydrogen-bond acceptors (Lipinski definition) is 10. The predicted molar refractivity (Wildman–Crippen MR) is 296 cm³/mol. The highest BCUT2D eigenvalue weighted by Gasteiger charge is 2.44. The predicted octanol–water partition coefficient (Wildman–Crippen LogP) is 10.0. The standard InChI is InChI=1S/C30H36N4O2.C18H23N3O.C12H14BrNO/c1-23-9-11-24(12-10-23)20-32-16-15-27(29(32)35)34-18-17-33(22-30(34,2)3)28-14-13-26(19-31-28)36-21-25-7-5-4-6-8-25;1-18(2)14-21(11-10-20-18)17-9-8-16(12-19-17)22-13-15-6-4-3-5-7-15;1-9-2-4-10(5-3-9)8-14-7-6-11(13)12(14)15/h4-14,19,27H,15-18,20-22H2,1-3H3;3-9,12,20H,10-11,13-14H2,1-2H3;2-5,11H,6-8H2,1H3. The zero-order valence-corrected chi connectivity index (χ0v) is 45.1. The highest BCUT2D eigenvalue weighted by molar-refractivity contribution is 9.10. The molecule has 6 aromatic rings. The number of piperazine rings is 2. The Morgan fingerprint density at radius 2 is 1.05 bits per heavy atom. The number of aromatic nitrogens is 2. The maximum atomic E-state index is 13.4. The molecule has 4 saturated heterocycles. The van der Waals surface area contributed by atoms with Crippen LogP contribution in [-0.4, -0.2) is 111 Å². The third kappa shape index (κ3) is 14.9. The van der Waals surface area contributed by atoms with Crippen molar-refractivity contribution in [2.24, 2.45) is 0 Å². The summed E-state index contributed by atoms with van der Waals surface area (Å²) in [6.07, 6.45) is 5.43. The van der Waals surface area contributed by atoms with Gasteiger partial charge in [-0.15, -0.1) is 0 Å². The lowest BCUT2D eigenvalue weighted by atomic mass is 9.95. The second kappa shape index (κ2) is 24.6. The first-order valence-electron chi connectivity index (χ1n) is 25.8. The van der Waals surface area contributed by atoms with E-state index in [-0.39, 0.29) is 33.8 Å². The fourth-order valence-corrected chi connectivity index (χ4v) is 10.4. The maximum Gasteiger partial charge on any atom is 0.240 e. The van der Waals surface area contributed by atoms with Gasteiger partial charge in [-0.1, -0.05) is 136 Å². The lowest BCUT2D eigenvalue weighted by Gasteiger charge is -2.49. The van der Waals surface area contributed by atoms with Crippen molar-refractivity contribution in [2.75, 3.05) is 62.2 Å². The number of carbonyl (C=O) groups is 2. The lowest BCUT2D eigenvalue weighted by molar-refractivity contribution is -0.135. The molecule has 2 aromatic heterocycles. The first-order chi connectivity index (χ1) is 35.2. The number of halogens is 1. The van der Waals surface area contributed by atoms with Gasteiger partial charge in [-0.05, 0) is 101 Å². The molecule has 12 nitrogen and oxygen atoms in total. The van der Waals surface area contributed by atoms with Crippen molar-refractivity contribution in [3.8, 4) is 11.5 Å². The second-order valence-electron chi connectivity index (χ2n) is 21.0. The van der Waals surface area contributed by atoms with Gasteiger partial charge >= 0.3 is 0 Å². The zero-order chi connectivity index (χ0) is 51.4. The second-order valence-corrected chi connectivity index (χ2v) is 22.1. The van der Waals surface area contributed by atoms with Crippen LogP contribution in [0, 0.1) is 13.8 Å². The number of rotatable bonds is 13. The molecule has 4 fully saturated rings. The molecular formula is C60H73BrN8O4. The summed E-state index contributed by atoms with van der Waals surface area (Å²) >= 11 is 3.38. The van der Waals surface area contributed by atoms with Crippen LogP contribution in [0.4, 0.5) is 11.6 Å². The van der Waals surface area contributed by atoms with Crippen molar-refractivity contribution in [2.45, 2.75) is 103 Å². The molecule has 10 rings (SSSR count). The summed E-state index contributed by atoms with van der Waals surface area (Å²) in [5.41, 5.74) is 7.19. The molecule has 4 aliphatic heterocycles. The smallest absolute Gasteiger partial charge is 0.240 e. The van der Waals surface area contributed by atoms with Gasteiger partial charge in [-0.25, -0.2) is 9.97 Å². The van der Waals surface area contributed by atoms with Crippen LogP contribution in [0.25, 0.3) is 0 Å². The van der Waals surface area contributed by atoms with Gasteiger partial charge in [0.1, 0.15) is 36.3 Å². The molecule has 2 unspecified atom stereocenters. The van der Waals surface area contributed by atoms with Crippen LogP contribution >= 0.6 is 15.9 Å². The van der Waals surface area contributed by atoms with E-state index < -0.39 is 0 Å². The SMILES string of the molecule is CC1(C)CN(c2ccc(OCc3ccccc3)cn2)CCN1.Cc1ccc(CN2CCC(Br)C2=O)cc1.Cc1ccc(CN2CCC(N3CCN(c4ccc(OCc5ccccc5)cn4)CC3(C)C)C2=O)cc1. The van der Waals surface area contributed by atoms with E-state index in [0.717, 1.165) is 106 Å². The number of carbonyl (C=O) groups excluding carboxylic acids is 2. The van der Waals surface area contributed by atoms with Crippen LogP contribution in [0.1, 0.15) is 73.9 Å². The Kier molecular flexibility index (Phi) is 17.9. The van der Waals surface area contributed by atoms with E-state index in [1.807, 2.05) is 76.7 Å². The fourth-order valence-electron chi connectivity index (χ4n) is 9.90. The summed E-state index contributed by atoms with van der Waals surface area (Å²) in [6, 6.07) is 45.2. The number of anilines is 2. The van der Waals surface area contributed by atoms with E-state index in [2.05, 4.69) is 160 Å². The summed E-state index contributed by atoms with van der Waals surface area (Å²) in [5.74, 6) is 4.02. The minimum atomic E-state index is -0.136. The third-order valence-corrected chi connectivity index (χ3v) is 14.8. The highest BCUT2D eigenvalue weighted by atomic mass is 79.9. The number of aryl methyl sites for hydroxylation is 2.